The first kappa shape index (κ1) is 17.7. The maximum absolute atomic E-state index is 12.8. The molecule has 2 N–H and O–H groups in total. The third kappa shape index (κ3) is 3.98. The van der Waals surface area contributed by atoms with Crippen molar-refractivity contribution in [1.82, 2.24) is 5.32 Å². The summed E-state index contributed by atoms with van der Waals surface area (Å²) in [5.74, 6) is -0.488. The number of methoxy groups -OCH3 is 1. The number of ether oxygens (including phenoxy) is 1. The van der Waals surface area contributed by atoms with Gasteiger partial charge in [0.15, 0.2) is 0 Å². The first-order valence-electron chi connectivity index (χ1n) is 7.07. The second-order valence-corrected chi connectivity index (χ2v) is 5.20. The van der Waals surface area contributed by atoms with Crippen LogP contribution in [0.25, 0.3) is 0 Å². The summed E-state index contributed by atoms with van der Waals surface area (Å²) in [4.78, 5) is 12.2. The number of carbonyl (C=O) groups is 1. The lowest BCUT2D eigenvalue weighted by molar-refractivity contribution is -0.137. The van der Waals surface area contributed by atoms with Crippen molar-refractivity contribution in [3.8, 4) is 11.5 Å². The van der Waals surface area contributed by atoms with Gasteiger partial charge in [-0.2, -0.15) is 13.2 Å². The molecule has 1 atom stereocenters. The number of amides is 1. The van der Waals surface area contributed by atoms with Gasteiger partial charge in [0, 0.05) is 6.07 Å². The summed E-state index contributed by atoms with van der Waals surface area (Å²) in [7, 11) is 1.42. The molecule has 1 unspecified atom stereocenters. The molecule has 1 amide bonds. The van der Waals surface area contributed by atoms with Crippen LogP contribution in [0.5, 0.6) is 11.5 Å². The summed E-state index contributed by atoms with van der Waals surface area (Å²) in [6.45, 7) is 1.56. The van der Waals surface area contributed by atoms with Crippen LogP contribution in [0.1, 0.15) is 34.5 Å². The number of hydrogen-bond donors (Lipinski definition) is 2. The van der Waals surface area contributed by atoms with Gasteiger partial charge < -0.3 is 15.2 Å². The van der Waals surface area contributed by atoms with E-state index in [9.17, 15) is 23.1 Å². The average Bonchev–Trinajstić information content (AvgIpc) is 2.53. The largest absolute Gasteiger partial charge is 0.507 e. The molecule has 128 valence electrons. The number of halogens is 3. The Bertz CT molecular complexity index is 744. The maximum atomic E-state index is 12.8. The Balaban J connectivity index is 2.17. The molecule has 2 rings (SSSR count). The smallest absolute Gasteiger partial charge is 0.416 e. The minimum atomic E-state index is -4.45. The highest BCUT2D eigenvalue weighted by Gasteiger charge is 2.30. The van der Waals surface area contributed by atoms with Crippen molar-refractivity contribution in [3.63, 3.8) is 0 Å². The van der Waals surface area contributed by atoms with Gasteiger partial charge in [0.2, 0.25) is 0 Å². The highest BCUT2D eigenvalue weighted by Crippen LogP contribution is 2.31. The van der Waals surface area contributed by atoms with Gasteiger partial charge in [0.05, 0.1) is 24.3 Å². The molecule has 0 aliphatic carbocycles. The third-order valence-corrected chi connectivity index (χ3v) is 3.51. The quantitative estimate of drug-likeness (QED) is 0.888. The summed E-state index contributed by atoms with van der Waals surface area (Å²) < 4.78 is 43.2. The molecule has 0 bridgehead atoms. The summed E-state index contributed by atoms with van der Waals surface area (Å²) in [6.07, 6.45) is -4.45. The lowest BCUT2D eigenvalue weighted by Gasteiger charge is -2.17. The zero-order valence-electron chi connectivity index (χ0n) is 13.0. The monoisotopic (exact) mass is 339 g/mol. The van der Waals surface area contributed by atoms with E-state index >= 15 is 0 Å². The molecule has 2 aromatic rings. The van der Waals surface area contributed by atoms with Crippen molar-refractivity contribution < 1.29 is 27.8 Å². The number of aromatic hydroxyl groups is 1. The van der Waals surface area contributed by atoms with E-state index in [4.69, 9.17) is 4.74 Å². The van der Waals surface area contributed by atoms with Crippen LogP contribution < -0.4 is 10.1 Å². The number of phenolic OH excluding ortho intramolecular Hbond substituents is 1. The molecule has 0 fully saturated rings. The minimum absolute atomic E-state index is 0.00891. The van der Waals surface area contributed by atoms with E-state index in [0.717, 1.165) is 12.1 Å². The molecule has 0 saturated heterocycles. The summed E-state index contributed by atoms with van der Waals surface area (Å²) >= 11 is 0. The molecule has 24 heavy (non-hydrogen) atoms. The molecule has 0 aliphatic rings. The Labute approximate surface area is 136 Å². The van der Waals surface area contributed by atoms with E-state index in [1.54, 1.807) is 6.92 Å². The van der Waals surface area contributed by atoms with E-state index in [1.807, 2.05) is 0 Å². The second kappa shape index (κ2) is 6.82. The van der Waals surface area contributed by atoms with Crippen LogP contribution in [0.2, 0.25) is 0 Å². The zero-order valence-corrected chi connectivity index (χ0v) is 13.0. The van der Waals surface area contributed by atoms with E-state index in [0.29, 0.717) is 11.3 Å². The van der Waals surface area contributed by atoms with Gasteiger partial charge in [-0.1, -0.05) is 12.1 Å². The van der Waals surface area contributed by atoms with Crippen LogP contribution in [0.3, 0.4) is 0 Å². The van der Waals surface area contributed by atoms with Gasteiger partial charge >= 0.3 is 6.18 Å². The fraction of sp³-hybridized carbons (Fsp3) is 0.235. The van der Waals surface area contributed by atoms with Gasteiger partial charge in [-0.25, -0.2) is 0 Å². The van der Waals surface area contributed by atoms with Crippen LogP contribution in [0.15, 0.2) is 42.5 Å². The summed E-state index contributed by atoms with van der Waals surface area (Å²) in [6, 6.07) is 8.23. The summed E-state index contributed by atoms with van der Waals surface area (Å²) in [5.41, 5.74) is -0.464. The fourth-order valence-corrected chi connectivity index (χ4v) is 2.17. The van der Waals surface area contributed by atoms with Crippen LogP contribution >= 0.6 is 0 Å². The van der Waals surface area contributed by atoms with Crippen LogP contribution in [0.4, 0.5) is 13.2 Å². The van der Waals surface area contributed by atoms with Gasteiger partial charge in [0.25, 0.3) is 5.91 Å². The molecule has 7 heteroatoms. The molecular formula is C17H16F3NO3. The Morgan fingerprint density at radius 1 is 1.21 bits per heavy atom. The molecule has 4 nitrogen and oxygen atoms in total. The zero-order chi connectivity index (χ0) is 17.9. The molecule has 0 aromatic heterocycles. The van der Waals surface area contributed by atoms with Crippen molar-refractivity contribution in [2.24, 2.45) is 0 Å². The van der Waals surface area contributed by atoms with E-state index in [-0.39, 0.29) is 11.3 Å². The third-order valence-electron chi connectivity index (χ3n) is 3.51. The highest BCUT2D eigenvalue weighted by atomic mass is 19.4. The van der Waals surface area contributed by atoms with E-state index < -0.39 is 23.7 Å². The van der Waals surface area contributed by atoms with Crippen LogP contribution in [-0.4, -0.2) is 18.1 Å². The predicted molar refractivity (Wildman–Crippen MR) is 82.0 cm³/mol. The topological polar surface area (TPSA) is 58.6 Å². The Hall–Kier alpha value is -2.70. The molecule has 0 heterocycles. The Kier molecular flexibility index (Phi) is 5.02. The lowest BCUT2D eigenvalue weighted by atomic mass is 10.0. The molecule has 0 saturated carbocycles. The number of rotatable bonds is 4. The van der Waals surface area contributed by atoms with Gasteiger partial charge in [-0.15, -0.1) is 0 Å². The van der Waals surface area contributed by atoms with E-state index in [1.165, 1.54) is 37.4 Å². The Morgan fingerprint density at radius 3 is 2.50 bits per heavy atom. The molecule has 0 spiro atoms. The van der Waals surface area contributed by atoms with E-state index in [2.05, 4.69) is 5.32 Å². The standard InChI is InChI=1S/C17H16F3NO3/c1-10(11-4-3-5-12(8-11)17(18,19)20)21-16(23)14-7-6-13(24-2)9-15(14)22/h3-10,22H,1-2H3,(H,21,23). The Morgan fingerprint density at radius 2 is 1.92 bits per heavy atom. The van der Waals surface area contributed by atoms with Crippen molar-refractivity contribution in [2.75, 3.05) is 7.11 Å². The molecule has 0 aliphatic heterocycles. The highest BCUT2D eigenvalue weighted by molar-refractivity contribution is 5.97. The second-order valence-electron chi connectivity index (χ2n) is 5.20. The fourth-order valence-electron chi connectivity index (χ4n) is 2.17. The average molecular weight is 339 g/mol. The van der Waals surface area contributed by atoms with Crippen LogP contribution in [0, 0.1) is 0 Å². The predicted octanol–water partition coefficient (Wildman–Crippen LogP) is 3.91. The van der Waals surface area contributed by atoms with Crippen molar-refractivity contribution in [2.45, 2.75) is 19.1 Å². The van der Waals surface area contributed by atoms with Crippen molar-refractivity contribution in [1.29, 1.82) is 0 Å². The number of benzene rings is 2. The first-order valence-corrected chi connectivity index (χ1v) is 7.07. The van der Waals surface area contributed by atoms with Crippen molar-refractivity contribution >= 4 is 5.91 Å². The normalized spacial score (nSPS) is 12.5. The van der Waals surface area contributed by atoms with Gasteiger partial charge in [-0.05, 0) is 36.8 Å². The molecule has 2 aromatic carbocycles. The van der Waals surface area contributed by atoms with Gasteiger partial charge in [0.1, 0.15) is 11.5 Å². The molecular weight excluding hydrogens is 323 g/mol. The number of alkyl halides is 3. The van der Waals surface area contributed by atoms with Crippen molar-refractivity contribution in [3.05, 3.63) is 59.2 Å². The lowest BCUT2D eigenvalue weighted by Crippen LogP contribution is -2.27. The number of phenols is 1. The van der Waals surface area contributed by atoms with Gasteiger partial charge in [-0.3, -0.25) is 4.79 Å². The molecule has 0 radical (unpaired) electrons. The SMILES string of the molecule is COc1ccc(C(=O)NC(C)c2cccc(C(F)(F)F)c2)c(O)c1. The first-order chi connectivity index (χ1) is 11.2. The van der Waals surface area contributed by atoms with Crippen LogP contribution in [-0.2, 0) is 6.18 Å². The number of hydrogen-bond acceptors (Lipinski definition) is 3. The number of carbonyl (C=O) groups excluding carboxylic acids is 1. The maximum Gasteiger partial charge on any atom is 0.416 e. The minimum Gasteiger partial charge on any atom is -0.507 e. The number of nitrogens with one attached hydrogen (secondary N) is 1. The summed E-state index contributed by atoms with van der Waals surface area (Å²) in [5, 5.41) is 12.4.